The van der Waals surface area contributed by atoms with E-state index in [0.717, 1.165) is 48.5 Å². The summed E-state index contributed by atoms with van der Waals surface area (Å²) >= 11 is 0. The van der Waals surface area contributed by atoms with E-state index in [0.29, 0.717) is 0 Å². The summed E-state index contributed by atoms with van der Waals surface area (Å²) in [6, 6.07) is 6.93. The SMILES string of the molecule is CC[NH+]1CCN(c2cc(C)c3cc([N+](=O)[O-])ccc3n2)CC1. The van der Waals surface area contributed by atoms with Crippen molar-refractivity contribution in [3.8, 4) is 0 Å². The van der Waals surface area contributed by atoms with E-state index >= 15 is 0 Å². The van der Waals surface area contributed by atoms with Crippen molar-refractivity contribution in [2.45, 2.75) is 13.8 Å². The number of nitrogens with zero attached hydrogens (tertiary/aromatic N) is 3. The van der Waals surface area contributed by atoms with Crippen molar-refractivity contribution in [2.75, 3.05) is 37.6 Å². The summed E-state index contributed by atoms with van der Waals surface area (Å²) in [5.74, 6) is 0.981. The molecule has 1 saturated heterocycles. The van der Waals surface area contributed by atoms with Crippen molar-refractivity contribution in [3.63, 3.8) is 0 Å². The van der Waals surface area contributed by atoms with Crippen LogP contribution in [-0.4, -0.2) is 42.6 Å². The molecule has 2 heterocycles. The van der Waals surface area contributed by atoms with Crippen LogP contribution in [0.4, 0.5) is 11.5 Å². The molecule has 1 aliphatic heterocycles. The van der Waals surface area contributed by atoms with Gasteiger partial charge in [-0.3, -0.25) is 10.1 Å². The van der Waals surface area contributed by atoms with Gasteiger partial charge in [-0.15, -0.1) is 0 Å². The van der Waals surface area contributed by atoms with Crippen molar-refractivity contribution in [1.82, 2.24) is 4.98 Å². The number of pyridine rings is 1. The predicted octanol–water partition coefficient (Wildman–Crippen LogP) is 1.18. The summed E-state index contributed by atoms with van der Waals surface area (Å²) in [6.07, 6.45) is 0. The maximum absolute atomic E-state index is 10.9. The number of nitro benzene ring substituents is 1. The number of likely N-dealkylation sites (N-methyl/N-ethyl adjacent to an activating group) is 1. The van der Waals surface area contributed by atoms with Gasteiger partial charge in [0.15, 0.2) is 0 Å². The Hall–Kier alpha value is -2.21. The molecule has 1 aliphatic rings. The lowest BCUT2D eigenvalue weighted by atomic mass is 10.1. The van der Waals surface area contributed by atoms with Crippen LogP contribution in [0.5, 0.6) is 0 Å². The lowest BCUT2D eigenvalue weighted by molar-refractivity contribution is -0.898. The minimum absolute atomic E-state index is 0.116. The van der Waals surface area contributed by atoms with Crippen molar-refractivity contribution in [1.29, 1.82) is 0 Å². The molecule has 1 aromatic carbocycles. The fourth-order valence-corrected chi connectivity index (χ4v) is 3.05. The normalized spacial score (nSPS) is 16.2. The quantitative estimate of drug-likeness (QED) is 0.683. The van der Waals surface area contributed by atoms with E-state index in [2.05, 4.69) is 11.8 Å². The number of fused-ring (bicyclic) bond motifs is 1. The monoisotopic (exact) mass is 301 g/mol. The smallest absolute Gasteiger partial charge is 0.270 e. The van der Waals surface area contributed by atoms with Gasteiger partial charge in [0.1, 0.15) is 5.82 Å². The number of piperazine rings is 1. The summed E-state index contributed by atoms with van der Waals surface area (Å²) < 4.78 is 0. The van der Waals surface area contributed by atoms with Gasteiger partial charge in [-0.2, -0.15) is 0 Å². The third kappa shape index (κ3) is 2.74. The first-order valence-corrected chi connectivity index (χ1v) is 7.73. The summed E-state index contributed by atoms with van der Waals surface area (Å²) in [5, 5.41) is 11.8. The second-order valence-corrected chi connectivity index (χ2v) is 5.85. The number of aromatic nitrogens is 1. The highest BCUT2D eigenvalue weighted by atomic mass is 16.6. The molecule has 1 N–H and O–H groups in total. The Morgan fingerprint density at radius 3 is 2.68 bits per heavy atom. The van der Waals surface area contributed by atoms with Gasteiger partial charge in [0, 0.05) is 17.5 Å². The van der Waals surface area contributed by atoms with Gasteiger partial charge in [0.2, 0.25) is 0 Å². The lowest BCUT2D eigenvalue weighted by Crippen LogP contribution is -3.14. The first-order valence-electron chi connectivity index (χ1n) is 7.73. The average molecular weight is 301 g/mol. The van der Waals surface area contributed by atoms with Crippen molar-refractivity contribution in [3.05, 3.63) is 39.9 Å². The molecule has 116 valence electrons. The van der Waals surface area contributed by atoms with Crippen molar-refractivity contribution >= 4 is 22.4 Å². The number of non-ortho nitro benzene ring substituents is 1. The number of nitro groups is 1. The molecule has 0 spiro atoms. The second-order valence-electron chi connectivity index (χ2n) is 5.85. The van der Waals surface area contributed by atoms with Crippen molar-refractivity contribution in [2.24, 2.45) is 0 Å². The molecule has 0 radical (unpaired) electrons. The molecule has 2 aromatic rings. The third-order valence-corrected chi connectivity index (χ3v) is 4.49. The average Bonchev–Trinajstić information content (AvgIpc) is 2.54. The number of anilines is 1. The molecule has 0 amide bonds. The number of hydrogen-bond acceptors (Lipinski definition) is 4. The highest BCUT2D eigenvalue weighted by Crippen LogP contribution is 2.26. The van der Waals surface area contributed by atoms with E-state index < -0.39 is 0 Å². The van der Waals surface area contributed by atoms with Gasteiger partial charge in [0.25, 0.3) is 5.69 Å². The molecule has 0 saturated carbocycles. The van der Waals surface area contributed by atoms with Gasteiger partial charge in [-0.05, 0) is 31.5 Å². The van der Waals surface area contributed by atoms with Crippen LogP contribution < -0.4 is 9.80 Å². The maximum Gasteiger partial charge on any atom is 0.270 e. The number of quaternary nitrogens is 1. The van der Waals surface area contributed by atoms with Crippen LogP contribution in [0.3, 0.4) is 0 Å². The number of benzene rings is 1. The number of nitrogens with one attached hydrogen (secondary N) is 1. The minimum atomic E-state index is -0.362. The molecule has 0 bridgehead atoms. The third-order valence-electron chi connectivity index (χ3n) is 4.49. The summed E-state index contributed by atoms with van der Waals surface area (Å²) in [4.78, 5) is 19.2. The molecule has 22 heavy (non-hydrogen) atoms. The largest absolute Gasteiger partial charge is 0.345 e. The minimum Gasteiger partial charge on any atom is -0.345 e. The molecule has 1 aromatic heterocycles. The summed E-state index contributed by atoms with van der Waals surface area (Å²) in [6.45, 7) is 9.66. The Morgan fingerprint density at radius 2 is 2.05 bits per heavy atom. The van der Waals surface area contributed by atoms with Crippen LogP contribution in [0.25, 0.3) is 10.9 Å². The van der Waals surface area contributed by atoms with Gasteiger partial charge in [-0.25, -0.2) is 4.98 Å². The van der Waals surface area contributed by atoms with Gasteiger partial charge < -0.3 is 9.80 Å². The van der Waals surface area contributed by atoms with E-state index in [1.807, 2.05) is 13.0 Å². The van der Waals surface area contributed by atoms with Gasteiger partial charge in [-0.1, -0.05) is 0 Å². The zero-order chi connectivity index (χ0) is 15.7. The Bertz CT molecular complexity index is 709. The molecule has 0 atom stereocenters. The van der Waals surface area contributed by atoms with Crippen LogP contribution in [0.15, 0.2) is 24.3 Å². The Morgan fingerprint density at radius 1 is 1.32 bits per heavy atom. The van der Waals surface area contributed by atoms with Crippen molar-refractivity contribution < 1.29 is 9.82 Å². The van der Waals surface area contributed by atoms with Crippen LogP contribution >= 0.6 is 0 Å². The Balaban J connectivity index is 1.93. The van der Waals surface area contributed by atoms with Crippen LogP contribution in [0.2, 0.25) is 0 Å². The first-order chi connectivity index (χ1) is 10.6. The standard InChI is InChI=1S/C16H20N4O2/c1-3-18-6-8-19(9-7-18)16-10-12(2)14-11-13(20(21)22)4-5-15(14)17-16/h4-5,10-11H,3,6-9H2,1-2H3/p+1. The summed E-state index contributed by atoms with van der Waals surface area (Å²) in [5.41, 5.74) is 1.98. The van der Waals surface area contributed by atoms with Crippen LogP contribution in [0.1, 0.15) is 12.5 Å². The van der Waals surface area contributed by atoms with E-state index in [1.165, 1.54) is 12.6 Å². The predicted molar refractivity (Wildman–Crippen MR) is 86.6 cm³/mol. The van der Waals surface area contributed by atoms with E-state index in [1.54, 1.807) is 17.0 Å². The fourth-order valence-electron chi connectivity index (χ4n) is 3.05. The number of hydrogen-bond donors (Lipinski definition) is 1. The lowest BCUT2D eigenvalue weighted by Gasteiger charge is -2.32. The zero-order valence-electron chi connectivity index (χ0n) is 13.0. The van der Waals surface area contributed by atoms with E-state index in [9.17, 15) is 10.1 Å². The molecule has 6 nitrogen and oxygen atoms in total. The summed E-state index contributed by atoms with van der Waals surface area (Å²) in [7, 11) is 0. The second kappa shape index (κ2) is 5.88. The van der Waals surface area contributed by atoms with Gasteiger partial charge >= 0.3 is 0 Å². The molecule has 3 rings (SSSR count). The van der Waals surface area contributed by atoms with Crippen LogP contribution in [0, 0.1) is 17.0 Å². The Kier molecular flexibility index (Phi) is 3.94. The molecular formula is C16H21N4O2+. The Labute approximate surface area is 129 Å². The zero-order valence-corrected chi connectivity index (χ0v) is 13.0. The molecule has 0 aliphatic carbocycles. The number of rotatable bonds is 3. The fraction of sp³-hybridized carbons (Fsp3) is 0.438. The molecule has 0 unspecified atom stereocenters. The van der Waals surface area contributed by atoms with Crippen LogP contribution in [-0.2, 0) is 0 Å². The highest BCUT2D eigenvalue weighted by molar-refractivity contribution is 5.86. The number of aryl methyl sites for hydroxylation is 1. The molecular weight excluding hydrogens is 280 g/mol. The first kappa shape index (κ1) is 14.7. The maximum atomic E-state index is 10.9. The van der Waals surface area contributed by atoms with Gasteiger partial charge in [0.05, 0.1) is 43.2 Å². The van der Waals surface area contributed by atoms with E-state index in [4.69, 9.17) is 4.98 Å². The van der Waals surface area contributed by atoms with E-state index in [-0.39, 0.29) is 10.6 Å². The topological polar surface area (TPSA) is 63.7 Å². The highest BCUT2D eigenvalue weighted by Gasteiger charge is 2.20. The molecule has 6 heteroatoms. The molecule has 1 fully saturated rings.